The smallest absolute Gasteiger partial charge is 0.300 e. The zero-order chi connectivity index (χ0) is 16.9. The summed E-state index contributed by atoms with van der Waals surface area (Å²) in [6.45, 7) is 7.29. The summed E-state index contributed by atoms with van der Waals surface area (Å²) in [5.41, 5.74) is 0. The highest BCUT2D eigenvalue weighted by atomic mass is 19.4. The van der Waals surface area contributed by atoms with Crippen LogP contribution in [-0.4, -0.2) is 12.0 Å². The second kappa shape index (κ2) is 12.4. The number of rotatable bonds is 3. The average Bonchev–Trinajstić information content (AvgIpc) is 2.23. The Hall–Kier alpha value is -1.67. The minimum Gasteiger partial charge on any atom is -0.300 e. The van der Waals surface area contributed by atoms with Crippen molar-refractivity contribution in [1.29, 1.82) is 0 Å². The van der Waals surface area contributed by atoms with Gasteiger partial charge in [0, 0.05) is 6.42 Å². The van der Waals surface area contributed by atoms with Gasteiger partial charge in [-0.15, -0.1) is 6.58 Å². The van der Waals surface area contributed by atoms with Crippen LogP contribution in [0.2, 0.25) is 0 Å². The van der Waals surface area contributed by atoms with Crippen molar-refractivity contribution in [3.63, 3.8) is 0 Å². The molecule has 0 aromatic heterocycles. The topological polar surface area (TPSA) is 17.1 Å². The third-order valence-electron chi connectivity index (χ3n) is 1.12. The molecule has 0 radical (unpaired) electrons. The summed E-state index contributed by atoms with van der Waals surface area (Å²) in [5.74, 6) is -3.10. The molecule has 20 heavy (non-hydrogen) atoms. The minimum atomic E-state index is -5.56. The monoisotopic (exact) mass is 312 g/mol. The normalized spacial score (nSPS) is 9.25. The van der Waals surface area contributed by atoms with E-state index in [4.69, 9.17) is 0 Å². The van der Waals surface area contributed by atoms with Gasteiger partial charge in [-0.25, -0.2) is 0 Å². The van der Waals surface area contributed by atoms with Crippen LogP contribution in [0.25, 0.3) is 0 Å². The first-order valence-electron chi connectivity index (χ1n) is 4.74. The molecule has 0 aromatic rings. The molecule has 0 amide bonds. The van der Waals surface area contributed by atoms with Gasteiger partial charge in [-0.3, -0.25) is 0 Å². The van der Waals surface area contributed by atoms with E-state index in [9.17, 15) is 39.9 Å². The zero-order valence-electron chi connectivity index (χ0n) is 10.3. The quantitative estimate of drug-likeness (QED) is 0.492. The molecule has 0 bridgehead atoms. The van der Waals surface area contributed by atoms with E-state index >= 15 is 0 Å². The van der Waals surface area contributed by atoms with Gasteiger partial charge >= 0.3 is 12.3 Å². The summed E-state index contributed by atoms with van der Waals surface area (Å²) < 4.78 is 85.1. The third-order valence-corrected chi connectivity index (χ3v) is 1.12. The van der Waals surface area contributed by atoms with Gasteiger partial charge in [0.1, 0.15) is 5.78 Å². The van der Waals surface area contributed by atoms with Gasteiger partial charge in [0.25, 0.3) is 11.9 Å². The van der Waals surface area contributed by atoms with Crippen LogP contribution in [0.3, 0.4) is 0 Å². The molecule has 1 nitrogen and oxygen atoms in total. The zero-order valence-corrected chi connectivity index (χ0v) is 10.3. The predicted octanol–water partition coefficient (Wildman–Crippen LogP) is 5.56. The van der Waals surface area contributed by atoms with E-state index in [1.54, 1.807) is 13.0 Å². The van der Waals surface area contributed by atoms with Gasteiger partial charge in [-0.1, -0.05) is 6.08 Å². The standard InChI is InChI=1S/C6H10O.C3F6.C2H2F2/c1-3-4-5-6(2)7;4-1(2(5)6)3(7,8)9;1-2(3)4/h3H,1,4-5H2,2H3;;1H2. The number of alkyl halides is 3. The lowest BCUT2D eigenvalue weighted by atomic mass is 10.2. The second-order valence-electron chi connectivity index (χ2n) is 2.94. The number of ketones is 1. The van der Waals surface area contributed by atoms with Crippen molar-refractivity contribution in [2.24, 2.45) is 0 Å². The fourth-order valence-electron chi connectivity index (χ4n) is 0.412. The Balaban J connectivity index is -0.000000234. The molecule has 0 saturated carbocycles. The predicted molar refractivity (Wildman–Crippen MR) is 57.9 cm³/mol. The lowest BCUT2D eigenvalue weighted by molar-refractivity contribution is -0.117. The molecule has 0 aromatic carbocycles. The van der Waals surface area contributed by atoms with Crippen molar-refractivity contribution < 1.29 is 39.9 Å². The summed E-state index contributed by atoms with van der Waals surface area (Å²) in [6, 6.07) is 0. The molecular formula is C11H12F8O. The highest BCUT2D eigenvalue weighted by Gasteiger charge is 2.38. The number of carbonyl (C=O) groups is 1. The van der Waals surface area contributed by atoms with Crippen molar-refractivity contribution in [3.05, 3.63) is 37.2 Å². The van der Waals surface area contributed by atoms with Gasteiger partial charge in [-0.05, 0) is 19.9 Å². The van der Waals surface area contributed by atoms with E-state index < -0.39 is 24.2 Å². The Kier molecular flexibility index (Phi) is 14.5. The number of halogens is 8. The van der Waals surface area contributed by atoms with Crippen LogP contribution in [-0.2, 0) is 4.79 Å². The fraction of sp³-hybridized carbons (Fsp3) is 0.364. The number of hydrogen-bond acceptors (Lipinski definition) is 1. The van der Waals surface area contributed by atoms with E-state index in [2.05, 4.69) is 13.2 Å². The van der Waals surface area contributed by atoms with E-state index in [1.165, 1.54) is 0 Å². The van der Waals surface area contributed by atoms with Gasteiger partial charge in [0.2, 0.25) is 0 Å². The van der Waals surface area contributed by atoms with Crippen molar-refractivity contribution >= 4 is 5.78 Å². The van der Waals surface area contributed by atoms with Crippen molar-refractivity contribution in [3.8, 4) is 0 Å². The van der Waals surface area contributed by atoms with Gasteiger partial charge < -0.3 is 4.79 Å². The van der Waals surface area contributed by atoms with Crippen LogP contribution in [0.4, 0.5) is 35.1 Å². The number of hydrogen-bond donors (Lipinski definition) is 0. The van der Waals surface area contributed by atoms with Crippen LogP contribution in [0, 0.1) is 0 Å². The number of carbonyl (C=O) groups excluding carboxylic acids is 1. The molecule has 0 atom stereocenters. The first-order chi connectivity index (χ1) is 8.86. The maximum atomic E-state index is 11.0. The second-order valence-corrected chi connectivity index (χ2v) is 2.94. The van der Waals surface area contributed by atoms with Crippen molar-refractivity contribution in [2.75, 3.05) is 0 Å². The lowest BCUT2D eigenvalue weighted by Crippen LogP contribution is -2.08. The van der Waals surface area contributed by atoms with Crippen molar-refractivity contribution in [1.82, 2.24) is 0 Å². The Morgan fingerprint density at radius 1 is 1.10 bits per heavy atom. The molecule has 0 N–H and O–H groups in total. The Bertz CT molecular complexity index is 335. The fourth-order valence-corrected chi connectivity index (χ4v) is 0.412. The largest absolute Gasteiger partial charge is 0.448 e. The number of Topliss-reactive ketones (excluding diaryl/α,β-unsaturated/α-hetero) is 1. The summed E-state index contributed by atoms with van der Waals surface area (Å²) >= 11 is 0. The Morgan fingerprint density at radius 2 is 1.45 bits per heavy atom. The summed E-state index contributed by atoms with van der Waals surface area (Å²) in [7, 11) is 0. The molecule has 0 fully saturated rings. The molecule has 0 aliphatic rings. The molecule has 0 unspecified atom stereocenters. The average molecular weight is 312 g/mol. The molecule has 9 heteroatoms. The van der Waals surface area contributed by atoms with Gasteiger partial charge in [-0.2, -0.15) is 35.1 Å². The highest BCUT2D eigenvalue weighted by molar-refractivity contribution is 5.75. The molecule has 0 aliphatic carbocycles. The molecule has 0 saturated heterocycles. The van der Waals surface area contributed by atoms with Gasteiger partial charge in [0.05, 0.1) is 0 Å². The molecule has 0 rings (SSSR count). The van der Waals surface area contributed by atoms with E-state index in [0.717, 1.165) is 6.42 Å². The minimum absolute atomic E-state index is 0.236. The van der Waals surface area contributed by atoms with Crippen LogP contribution in [0.5, 0.6) is 0 Å². The lowest BCUT2D eigenvalue weighted by Gasteiger charge is -1.98. The number of allylic oxidation sites excluding steroid dienone is 2. The van der Waals surface area contributed by atoms with Crippen LogP contribution >= 0.6 is 0 Å². The van der Waals surface area contributed by atoms with E-state index in [1.807, 2.05) is 0 Å². The molecule has 118 valence electrons. The van der Waals surface area contributed by atoms with Crippen LogP contribution < -0.4 is 0 Å². The first kappa shape index (κ1) is 23.4. The van der Waals surface area contributed by atoms with E-state index in [0.29, 0.717) is 6.42 Å². The SMILES string of the molecule is C=C(F)F.C=CCCC(C)=O.FC(F)=C(F)C(F)(F)F. The summed E-state index contributed by atoms with van der Waals surface area (Å²) in [4.78, 5) is 10.2. The van der Waals surface area contributed by atoms with E-state index in [-0.39, 0.29) is 5.78 Å². The van der Waals surface area contributed by atoms with Crippen molar-refractivity contribution in [2.45, 2.75) is 25.9 Å². The summed E-state index contributed by atoms with van der Waals surface area (Å²) in [6.07, 6.45) is -7.53. The molecule has 0 aliphatic heterocycles. The molecule has 0 heterocycles. The maximum Gasteiger partial charge on any atom is 0.448 e. The Morgan fingerprint density at radius 3 is 1.50 bits per heavy atom. The van der Waals surface area contributed by atoms with Crippen LogP contribution in [0.15, 0.2) is 37.2 Å². The molecule has 0 spiro atoms. The van der Waals surface area contributed by atoms with Gasteiger partial charge in [0.15, 0.2) is 0 Å². The van der Waals surface area contributed by atoms with Crippen LogP contribution in [0.1, 0.15) is 19.8 Å². The maximum absolute atomic E-state index is 11.0. The molecular weight excluding hydrogens is 300 g/mol. The highest BCUT2D eigenvalue weighted by Crippen LogP contribution is 2.29. The third kappa shape index (κ3) is 25.2. The Labute approximate surface area is 110 Å². The summed E-state index contributed by atoms with van der Waals surface area (Å²) in [5, 5.41) is 0. The first-order valence-corrected chi connectivity index (χ1v) is 4.74.